The van der Waals surface area contributed by atoms with Crippen LogP contribution < -0.4 is 0 Å². The van der Waals surface area contributed by atoms with E-state index in [1.54, 1.807) is 0 Å². The lowest BCUT2D eigenvalue weighted by atomic mass is 9.58. The van der Waals surface area contributed by atoms with Crippen molar-refractivity contribution in [3.05, 3.63) is 93.4 Å². The zero-order valence-electron chi connectivity index (χ0n) is 30.0. The van der Waals surface area contributed by atoms with Crippen molar-refractivity contribution in [2.24, 2.45) is 27.2 Å². The van der Waals surface area contributed by atoms with Crippen molar-refractivity contribution in [1.82, 2.24) is 14.7 Å². The van der Waals surface area contributed by atoms with Crippen LogP contribution in [0.2, 0.25) is 10.0 Å². The van der Waals surface area contributed by atoms with Gasteiger partial charge in [-0.3, -0.25) is 19.6 Å². The maximum Gasteiger partial charge on any atom is 0.330 e. The number of fused-ring (bicyclic) bond motifs is 2. The second-order valence-corrected chi connectivity index (χ2v) is 16.0. The second kappa shape index (κ2) is 12.9. The van der Waals surface area contributed by atoms with Gasteiger partial charge in [-0.15, -0.1) is 0 Å². The van der Waals surface area contributed by atoms with Crippen LogP contribution in [0.1, 0.15) is 74.8 Å². The Morgan fingerprint density at radius 3 is 2.10 bits per heavy atom. The highest BCUT2D eigenvalue weighted by Gasteiger charge is 2.65. The Bertz CT molecular complexity index is 1660. The first-order chi connectivity index (χ1) is 22.4. The molecule has 0 N–H and O–H groups in total. The average Bonchev–Trinajstić information content (AvgIpc) is 3.31. The molecule has 2 aromatic carbocycles. The molecule has 48 heavy (non-hydrogen) atoms. The summed E-state index contributed by atoms with van der Waals surface area (Å²) >= 11 is 11.8. The summed E-state index contributed by atoms with van der Waals surface area (Å²) < 4.78 is 6.51. The van der Waals surface area contributed by atoms with Gasteiger partial charge in [0.05, 0.1) is 24.9 Å². The molecule has 9 heteroatoms. The lowest BCUT2D eigenvalue weighted by Crippen LogP contribution is -2.67. The number of carbonyl (C=O) groups excluding carboxylic acids is 2. The molecular weight excluding hydrogens is 643 g/mol. The summed E-state index contributed by atoms with van der Waals surface area (Å²) in [5, 5.41) is 1.46. The van der Waals surface area contributed by atoms with Crippen LogP contribution in [0.15, 0.2) is 82.8 Å². The van der Waals surface area contributed by atoms with Gasteiger partial charge in [-0.05, 0) is 75.9 Å². The first-order valence-corrected chi connectivity index (χ1v) is 17.7. The lowest BCUT2D eigenvalue weighted by molar-refractivity contribution is -0.123. The topological polar surface area (TPSA) is 65.5 Å². The molecule has 3 unspecified atom stereocenters. The lowest BCUT2D eigenvalue weighted by Gasteiger charge is -2.59. The van der Waals surface area contributed by atoms with Gasteiger partial charge < -0.3 is 9.64 Å². The third kappa shape index (κ3) is 5.75. The van der Waals surface area contributed by atoms with Gasteiger partial charge in [0, 0.05) is 40.2 Å². The predicted octanol–water partition coefficient (Wildman–Crippen LogP) is 9.18. The highest BCUT2D eigenvalue weighted by atomic mass is 35.5. The van der Waals surface area contributed by atoms with E-state index in [0.29, 0.717) is 37.1 Å². The number of ketones is 1. The second-order valence-electron chi connectivity index (χ2n) is 15.1. The summed E-state index contributed by atoms with van der Waals surface area (Å²) in [7, 11) is 0. The quantitative estimate of drug-likeness (QED) is 0.303. The summed E-state index contributed by atoms with van der Waals surface area (Å²) in [5.74, 6) is 1.62. The van der Waals surface area contributed by atoms with E-state index >= 15 is 0 Å². The molecule has 0 aromatic heterocycles. The molecule has 1 saturated heterocycles. The van der Waals surface area contributed by atoms with Crippen LogP contribution in [-0.4, -0.2) is 64.6 Å². The number of urea groups is 1. The summed E-state index contributed by atoms with van der Waals surface area (Å²) in [6, 6.07) is 16.9. The summed E-state index contributed by atoms with van der Waals surface area (Å²) in [6.45, 7) is 23.0. The van der Waals surface area contributed by atoms with Crippen molar-refractivity contribution >= 4 is 40.9 Å². The van der Waals surface area contributed by atoms with Crippen molar-refractivity contribution in [2.75, 3.05) is 26.2 Å². The van der Waals surface area contributed by atoms with E-state index < -0.39 is 16.4 Å². The maximum absolute atomic E-state index is 14.5. The smallest absolute Gasteiger partial charge is 0.330 e. The van der Waals surface area contributed by atoms with Crippen LogP contribution in [0, 0.1) is 22.2 Å². The largest absolute Gasteiger partial charge is 0.497 e. The van der Waals surface area contributed by atoms with Gasteiger partial charge in [0.1, 0.15) is 22.5 Å². The number of amidine groups is 1. The van der Waals surface area contributed by atoms with E-state index in [1.165, 1.54) is 0 Å². The minimum absolute atomic E-state index is 0.0669. The van der Waals surface area contributed by atoms with Crippen molar-refractivity contribution in [1.29, 1.82) is 0 Å². The number of allylic oxidation sites excluding steroid dienone is 1. The molecule has 4 atom stereocenters. The van der Waals surface area contributed by atoms with E-state index in [4.69, 9.17) is 32.9 Å². The van der Waals surface area contributed by atoms with Crippen molar-refractivity contribution in [3.63, 3.8) is 0 Å². The summed E-state index contributed by atoms with van der Waals surface area (Å²) in [5.41, 5.74) is 0.696. The number of nitrogens with zero attached hydrogens (tertiary/aromatic N) is 4. The first-order valence-electron chi connectivity index (χ1n) is 17.0. The van der Waals surface area contributed by atoms with Gasteiger partial charge in [-0.1, -0.05) is 88.2 Å². The normalized spacial score (nSPS) is 28.0. The SMILES string of the molecule is CCOC1=CC(C)(C(C)(C)C)C2=C3N(CCN2CC(=O)C(C)C)C(=O)N2C(=N[C@@](C)(c4ccc(Cl)cc4)C2C)C13C.Clc1ccccc1. The maximum atomic E-state index is 14.5. The number of amides is 2. The van der Waals surface area contributed by atoms with Crippen molar-refractivity contribution < 1.29 is 14.3 Å². The molecule has 3 heterocycles. The molecule has 3 aliphatic heterocycles. The number of ether oxygens (including phenoxy) is 1. The minimum atomic E-state index is -0.817. The number of halogens is 2. The average molecular weight is 694 g/mol. The molecule has 0 radical (unpaired) electrons. The van der Waals surface area contributed by atoms with Crippen LogP contribution in [0.4, 0.5) is 4.79 Å². The third-order valence-corrected chi connectivity index (χ3v) is 11.4. The van der Waals surface area contributed by atoms with Crippen molar-refractivity contribution in [2.45, 2.75) is 80.8 Å². The monoisotopic (exact) mass is 692 g/mol. The molecule has 7 nitrogen and oxygen atoms in total. The highest BCUT2D eigenvalue weighted by Crippen LogP contribution is 2.62. The molecule has 4 aliphatic rings. The third-order valence-electron chi connectivity index (χ3n) is 10.9. The molecule has 258 valence electrons. The molecule has 2 amide bonds. The van der Waals surface area contributed by atoms with Crippen molar-refractivity contribution in [3.8, 4) is 0 Å². The van der Waals surface area contributed by atoms with Gasteiger partial charge in [0.2, 0.25) is 0 Å². The number of carbonyl (C=O) groups is 2. The molecular formula is C39H50Cl2N4O3. The Balaban J connectivity index is 0.000000572. The summed E-state index contributed by atoms with van der Waals surface area (Å²) in [6.07, 6.45) is 2.25. The fraction of sp³-hybridized carbons (Fsp3) is 0.513. The van der Waals surface area contributed by atoms with Crippen LogP contribution in [0.25, 0.3) is 0 Å². The summed E-state index contributed by atoms with van der Waals surface area (Å²) in [4.78, 5) is 39.2. The van der Waals surface area contributed by atoms with Gasteiger partial charge in [-0.25, -0.2) is 4.79 Å². The number of hydrogen-bond donors (Lipinski definition) is 0. The van der Waals surface area contributed by atoms with E-state index in [1.807, 2.05) is 85.2 Å². The van der Waals surface area contributed by atoms with E-state index in [9.17, 15) is 9.59 Å². The number of benzene rings is 2. The molecule has 6 rings (SSSR count). The van der Waals surface area contributed by atoms with Gasteiger partial charge in [0.25, 0.3) is 0 Å². The number of aliphatic imine (C=N–C) groups is 1. The Morgan fingerprint density at radius 1 is 0.979 bits per heavy atom. The van der Waals surface area contributed by atoms with Crippen LogP contribution in [0.5, 0.6) is 0 Å². The Morgan fingerprint density at radius 2 is 1.58 bits per heavy atom. The van der Waals surface area contributed by atoms with Crippen LogP contribution in [-0.2, 0) is 15.1 Å². The zero-order chi connectivity index (χ0) is 35.4. The molecule has 2 aromatic rings. The highest BCUT2D eigenvalue weighted by molar-refractivity contribution is 6.30. The van der Waals surface area contributed by atoms with Gasteiger partial charge in [0.15, 0.2) is 5.78 Å². The Kier molecular flexibility index (Phi) is 9.65. The fourth-order valence-corrected chi connectivity index (χ4v) is 7.56. The van der Waals surface area contributed by atoms with E-state index in [-0.39, 0.29) is 29.2 Å². The Hall–Kier alpha value is -3.29. The van der Waals surface area contributed by atoms with E-state index in [0.717, 1.165) is 27.7 Å². The van der Waals surface area contributed by atoms with Gasteiger partial charge >= 0.3 is 6.03 Å². The number of rotatable bonds is 6. The number of hydrogen-bond acceptors (Lipinski definition) is 5. The van der Waals surface area contributed by atoms with Crippen LogP contribution in [0.3, 0.4) is 0 Å². The molecule has 1 fully saturated rings. The minimum Gasteiger partial charge on any atom is -0.497 e. The molecule has 0 saturated carbocycles. The van der Waals surface area contributed by atoms with E-state index in [2.05, 4.69) is 59.4 Å². The first kappa shape index (κ1) is 36.0. The molecule has 0 spiro atoms. The molecule has 1 aliphatic carbocycles. The number of Topliss-reactive ketones (excluding diaryl/α,β-unsaturated/α-hetero) is 1. The zero-order valence-corrected chi connectivity index (χ0v) is 31.5. The Labute approximate surface area is 296 Å². The standard InChI is InChI=1S/C33H45ClN4O3.C6H5Cl/c1-11-41-25-18-31(8,30(5,6)7)26-27-32(25,9)28-35-33(10,22-12-14-23(34)15-13-22)21(4)38(28)29(40)37(27)17-16-36(26)19-24(39)20(2)3;7-6-4-2-1-3-5-6/h12-15,18,20-21H,11,16-17,19H2,1-10H3;1-5H/t21?,31?,32?,33-;/m1./s1. The predicted molar refractivity (Wildman–Crippen MR) is 195 cm³/mol. The van der Waals surface area contributed by atoms with Crippen LogP contribution >= 0.6 is 23.2 Å². The molecule has 0 bridgehead atoms. The van der Waals surface area contributed by atoms with Gasteiger partial charge in [-0.2, -0.15) is 0 Å². The fourth-order valence-electron chi connectivity index (χ4n) is 7.29.